The summed E-state index contributed by atoms with van der Waals surface area (Å²) in [6, 6.07) is 2.31. The summed E-state index contributed by atoms with van der Waals surface area (Å²) < 4.78 is 1.53. The van der Waals surface area contributed by atoms with E-state index in [0.29, 0.717) is 18.2 Å². The van der Waals surface area contributed by atoms with Crippen molar-refractivity contribution in [2.45, 2.75) is 38.8 Å². The van der Waals surface area contributed by atoms with E-state index in [1.807, 2.05) is 18.4 Å². The highest BCUT2D eigenvalue weighted by Crippen LogP contribution is 2.18. The largest absolute Gasteiger partial charge is 0.352 e. The van der Waals surface area contributed by atoms with Crippen molar-refractivity contribution in [1.29, 1.82) is 0 Å². The fourth-order valence-electron chi connectivity index (χ4n) is 2.14. The van der Waals surface area contributed by atoms with Crippen LogP contribution in [0.5, 0.6) is 0 Å². The van der Waals surface area contributed by atoms with Gasteiger partial charge in [-0.3, -0.25) is 14.3 Å². The van der Waals surface area contributed by atoms with E-state index in [1.54, 1.807) is 23.7 Å². The first kappa shape index (κ1) is 14.8. The minimum Gasteiger partial charge on any atom is -0.352 e. The minimum atomic E-state index is -0.0801. The predicted octanol–water partition coefficient (Wildman–Crippen LogP) is 1.71. The Bertz CT molecular complexity index is 687. The zero-order valence-corrected chi connectivity index (χ0v) is 13.2. The van der Waals surface area contributed by atoms with Gasteiger partial charge in [0.1, 0.15) is 6.54 Å². The molecule has 0 unspecified atom stereocenters. The van der Waals surface area contributed by atoms with Crippen LogP contribution in [0.2, 0.25) is 0 Å². The smallest absolute Gasteiger partial charge is 0.241 e. The number of amides is 2. The lowest BCUT2D eigenvalue weighted by Gasteiger charge is -2.03. The number of anilines is 1. The number of nitrogens with zero attached hydrogens (tertiary/aromatic N) is 2. The molecular weight excluding hydrogens is 300 g/mol. The molecule has 1 aliphatic rings. The molecule has 0 spiro atoms. The SMILES string of the molecule is Cc1sccc1CC(=O)Nc1cnn(CC(=O)NC2CC2)c1. The van der Waals surface area contributed by atoms with Gasteiger partial charge in [-0.1, -0.05) is 0 Å². The van der Waals surface area contributed by atoms with Crippen LogP contribution in [-0.4, -0.2) is 27.6 Å². The molecule has 3 rings (SSSR count). The highest BCUT2D eigenvalue weighted by atomic mass is 32.1. The topological polar surface area (TPSA) is 76.0 Å². The first-order chi connectivity index (χ1) is 10.6. The van der Waals surface area contributed by atoms with Crippen LogP contribution in [0.15, 0.2) is 23.8 Å². The van der Waals surface area contributed by atoms with Gasteiger partial charge in [0.05, 0.1) is 18.3 Å². The highest BCUT2D eigenvalue weighted by Gasteiger charge is 2.23. The Hall–Kier alpha value is -2.15. The third-order valence-corrected chi connectivity index (χ3v) is 4.37. The van der Waals surface area contributed by atoms with Crippen LogP contribution in [0.4, 0.5) is 5.69 Å². The molecule has 0 saturated heterocycles. The molecule has 2 aromatic rings. The van der Waals surface area contributed by atoms with E-state index in [2.05, 4.69) is 15.7 Å². The number of nitrogens with one attached hydrogen (secondary N) is 2. The molecule has 1 aliphatic carbocycles. The van der Waals surface area contributed by atoms with Crippen LogP contribution in [0, 0.1) is 6.92 Å². The third kappa shape index (κ3) is 3.94. The predicted molar refractivity (Wildman–Crippen MR) is 84.8 cm³/mol. The zero-order valence-electron chi connectivity index (χ0n) is 12.3. The summed E-state index contributed by atoms with van der Waals surface area (Å²) in [5.41, 5.74) is 1.65. The molecule has 2 amide bonds. The van der Waals surface area contributed by atoms with Crippen LogP contribution in [0.1, 0.15) is 23.3 Å². The van der Waals surface area contributed by atoms with E-state index in [0.717, 1.165) is 23.3 Å². The number of carbonyl (C=O) groups excluding carboxylic acids is 2. The Morgan fingerprint density at radius 2 is 2.23 bits per heavy atom. The van der Waals surface area contributed by atoms with Gasteiger partial charge < -0.3 is 10.6 Å². The second-order valence-electron chi connectivity index (χ2n) is 5.50. The molecule has 0 atom stereocenters. The number of rotatable bonds is 6. The molecule has 1 saturated carbocycles. The molecule has 0 bridgehead atoms. The van der Waals surface area contributed by atoms with Crippen LogP contribution < -0.4 is 10.6 Å². The Morgan fingerprint density at radius 1 is 1.41 bits per heavy atom. The summed E-state index contributed by atoms with van der Waals surface area (Å²) in [6.45, 7) is 2.18. The summed E-state index contributed by atoms with van der Waals surface area (Å²) in [7, 11) is 0. The summed E-state index contributed by atoms with van der Waals surface area (Å²) in [6.07, 6.45) is 5.71. The fraction of sp³-hybridized carbons (Fsp3) is 0.400. The van der Waals surface area contributed by atoms with Crippen LogP contribution in [-0.2, 0) is 22.6 Å². The molecule has 0 aliphatic heterocycles. The first-order valence-electron chi connectivity index (χ1n) is 7.25. The van der Waals surface area contributed by atoms with Crippen LogP contribution in [0.25, 0.3) is 0 Å². The van der Waals surface area contributed by atoms with Gasteiger partial charge >= 0.3 is 0 Å². The van der Waals surface area contributed by atoms with Gasteiger partial charge in [0.15, 0.2) is 0 Å². The Labute approximate surface area is 132 Å². The fourth-order valence-corrected chi connectivity index (χ4v) is 2.86. The quantitative estimate of drug-likeness (QED) is 0.851. The standard InChI is InChI=1S/C15H18N4O2S/c1-10-11(4-5-22-10)6-14(20)18-13-7-16-19(8-13)9-15(21)17-12-2-3-12/h4-5,7-8,12H,2-3,6,9H2,1H3,(H,17,21)(H,18,20). The lowest BCUT2D eigenvalue weighted by molar-refractivity contribution is -0.122. The Morgan fingerprint density at radius 3 is 2.91 bits per heavy atom. The molecule has 2 heterocycles. The Kier molecular flexibility index (Phi) is 4.24. The highest BCUT2D eigenvalue weighted by molar-refractivity contribution is 7.10. The summed E-state index contributed by atoms with van der Waals surface area (Å²) in [5.74, 6) is -0.124. The van der Waals surface area contributed by atoms with Crippen molar-refractivity contribution in [2.75, 3.05) is 5.32 Å². The van der Waals surface area contributed by atoms with Gasteiger partial charge in [-0.15, -0.1) is 11.3 Å². The maximum Gasteiger partial charge on any atom is 0.241 e. The van der Waals surface area contributed by atoms with E-state index < -0.39 is 0 Å². The number of aromatic nitrogens is 2. The molecule has 22 heavy (non-hydrogen) atoms. The second-order valence-corrected chi connectivity index (χ2v) is 6.62. The molecule has 6 nitrogen and oxygen atoms in total. The average molecular weight is 318 g/mol. The van der Waals surface area contributed by atoms with Crippen molar-refractivity contribution in [3.63, 3.8) is 0 Å². The molecule has 2 aromatic heterocycles. The van der Waals surface area contributed by atoms with E-state index in [1.165, 1.54) is 4.68 Å². The first-order valence-corrected chi connectivity index (χ1v) is 8.13. The summed E-state index contributed by atoms with van der Waals surface area (Å²) in [4.78, 5) is 24.8. The van der Waals surface area contributed by atoms with E-state index in [4.69, 9.17) is 0 Å². The normalized spacial score (nSPS) is 13.9. The monoisotopic (exact) mass is 318 g/mol. The molecule has 0 radical (unpaired) electrons. The molecule has 7 heteroatoms. The molecule has 2 N–H and O–H groups in total. The number of thiophene rings is 1. The van der Waals surface area contributed by atoms with Gasteiger partial charge in [-0.05, 0) is 36.8 Å². The van der Waals surface area contributed by atoms with E-state index >= 15 is 0 Å². The van der Waals surface area contributed by atoms with Crippen LogP contribution >= 0.6 is 11.3 Å². The number of hydrogen-bond donors (Lipinski definition) is 2. The van der Waals surface area contributed by atoms with Crippen molar-refractivity contribution in [1.82, 2.24) is 15.1 Å². The lowest BCUT2D eigenvalue weighted by atomic mass is 10.2. The molecular formula is C15H18N4O2S. The Balaban J connectivity index is 1.51. The van der Waals surface area contributed by atoms with Gasteiger partial charge in [-0.2, -0.15) is 5.10 Å². The maximum absolute atomic E-state index is 12.0. The lowest BCUT2D eigenvalue weighted by Crippen LogP contribution is -2.29. The molecule has 116 valence electrons. The number of carbonyl (C=O) groups is 2. The number of hydrogen-bond acceptors (Lipinski definition) is 4. The molecule has 0 aromatic carbocycles. The second kappa shape index (κ2) is 6.31. The van der Waals surface area contributed by atoms with Gasteiger partial charge in [-0.25, -0.2) is 0 Å². The molecule has 1 fully saturated rings. The average Bonchev–Trinajstić information content (AvgIpc) is 3.02. The van der Waals surface area contributed by atoms with E-state index in [9.17, 15) is 9.59 Å². The van der Waals surface area contributed by atoms with Crippen molar-refractivity contribution in [3.05, 3.63) is 34.3 Å². The number of aryl methyl sites for hydroxylation is 1. The summed E-state index contributed by atoms with van der Waals surface area (Å²) >= 11 is 1.63. The van der Waals surface area contributed by atoms with Gasteiger partial charge in [0.25, 0.3) is 0 Å². The van der Waals surface area contributed by atoms with Crippen molar-refractivity contribution in [3.8, 4) is 0 Å². The van der Waals surface area contributed by atoms with Crippen LogP contribution in [0.3, 0.4) is 0 Å². The summed E-state index contributed by atoms with van der Waals surface area (Å²) in [5, 5.41) is 11.8. The van der Waals surface area contributed by atoms with Crippen molar-refractivity contribution < 1.29 is 9.59 Å². The van der Waals surface area contributed by atoms with Gasteiger partial charge in [0, 0.05) is 17.1 Å². The van der Waals surface area contributed by atoms with Crippen molar-refractivity contribution >= 4 is 28.8 Å². The maximum atomic E-state index is 12.0. The zero-order chi connectivity index (χ0) is 15.5. The van der Waals surface area contributed by atoms with Gasteiger partial charge in [0.2, 0.25) is 11.8 Å². The van der Waals surface area contributed by atoms with Crippen molar-refractivity contribution in [2.24, 2.45) is 0 Å². The minimum absolute atomic E-state index is 0.0441. The third-order valence-electron chi connectivity index (χ3n) is 3.48. The van der Waals surface area contributed by atoms with E-state index in [-0.39, 0.29) is 18.4 Å².